The summed E-state index contributed by atoms with van der Waals surface area (Å²) in [4.78, 5) is 0.265. The minimum Gasteiger partial charge on any atom is -0.384 e. The number of hydrogen-bond donors (Lipinski definition) is 1. The van der Waals surface area contributed by atoms with Gasteiger partial charge in [0.2, 0.25) is 10.0 Å². The van der Waals surface area contributed by atoms with Crippen molar-refractivity contribution in [2.45, 2.75) is 37.6 Å². The summed E-state index contributed by atoms with van der Waals surface area (Å²) in [6, 6.07) is 6.41. The number of aliphatic hydroxyl groups excluding tert-OH is 1. The summed E-state index contributed by atoms with van der Waals surface area (Å²) in [7, 11) is -1.85. The van der Waals surface area contributed by atoms with Crippen LogP contribution < -0.4 is 0 Å². The lowest BCUT2D eigenvalue weighted by Crippen LogP contribution is -2.36. The van der Waals surface area contributed by atoms with Crippen LogP contribution in [0.2, 0.25) is 0 Å². The van der Waals surface area contributed by atoms with Gasteiger partial charge in [-0.15, -0.1) is 0 Å². The van der Waals surface area contributed by atoms with Crippen LogP contribution in [-0.4, -0.2) is 37.5 Å². The van der Waals surface area contributed by atoms with Crippen molar-refractivity contribution < 1.29 is 13.5 Å². The first-order valence-electron chi connectivity index (χ1n) is 6.65. The Bertz CT molecular complexity index is 578. The van der Waals surface area contributed by atoms with Crippen molar-refractivity contribution >= 4 is 10.0 Å². The zero-order valence-electron chi connectivity index (χ0n) is 12.1. The molecular formula is C15H21NO3S. The van der Waals surface area contributed by atoms with Gasteiger partial charge in [-0.25, -0.2) is 8.42 Å². The molecule has 0 amide bonds. The van der Waals surface area contributed by atoms with Gasteiger partial charge in [0.05, 0.1) is 4.90 Å². The predicted octanol–water partition coefficient (Wildman–Crippen LogP) is 1.84. The molecule has 0 radical (unpaired) electrons. The van der Waals surface area contributed by atoms with Crippen molar-refractivity contribution in [3.63, 3.8) is 0 Å². The number of aliphatic hydroxyl groups is 1. The quantitative estimate of drug-likeness (QED) is 0.843. The molecule has 5 heteroatoms. The molecule has 1 rings (SSSR count). The van der Waals surface area contributed by atoms with E-state index in [0.717, 1.165) is 12.8 Å². The van der Waals surface area contributed by atoms with E-state index in [1.54, 1.807) is 31.3 Å². The Hall–Kier alpha value is -1.35. The van der Waals surface area contributed by atoms with Crippen molar-refractivity contribution in [1.82, 2.24) is 4.31 Å². The molecule has 0 aliphatic carbocycles. The number of hydrogen-bond acceptors (Lipinski definition) is 3. The van der Waals surface area contributed by atoms with E-state index >= 15 is 0 Å². The first kappa shape index (κ1) is 16.7. The third kappa shape index (κ3) is 3.83. The molecule has 0 spiro atoms. The Morgan fingerprint density at radius 1 is 1.20 bits per heavy atom. The van der Waals surface area contributed by atoms with Gasteiger partial charge >= 0.3 is 0 Å². The van der Waals surface area contributed by atoms with Crippen LogP contribution >= 0.6 is 0 Å². The van der Waals surface area contributed by atoms with E-state index in [2.05, 4.69) is 11.8 Å². The van der Waals surface area contributed by atoms with Crippen LogP contribution in [0, 0.1) is 11.8 Å². The average Bonchev–Trinajstić information content (AvgIpc) is 2.46. The van der Waals surface area contributed by atoms with E-state index in [1.165, 1.54) is 4.31 Å². The highest BCUT2D eigenvalue weighted by molar-refractivity contribution is 7.89. The van der Waals surface area contributed by atoms with Gasteiger partial charge in [0.15, 0.2) is 0 Å². The van der Waals surface area contributed by atoms with Gasteiger partial charge in [0.25, 0.3) is 0 Å². The van der Waals surface area contributed by atoms with Gasteiger partial charge in [-0.05, 0) is 37.1 Å². The molecule has 1 aromatic rings. The average molecular weight is 295 g/mol. The summed E-state index contributed by atoms with van der Waals surface area (Å²) >= 11 is 0. The second kappa shape index (κ2) is 7.44. The van der Waals surface area contributed by atoms with E-state index in [4.69, 9.17) is 5.11 Å². The molecule has 1 N–H and O–H groups in total. The first-order valence-corrected chi connectivity index (χ1v) is 8.09. The molecule has 4 nitrogen and oxygen atoms in total. The third-order valence-corrected chi connectivity index (χ3v) is 5.22. The highest BCUT2D eigenvalue weighted by atomic mass is 32.2. The van der Waals surface area contributed by atoms with Crippen LogP contribution in [0.4, 0.5) is 0 Å². The lowest BCUT2D eigenvalue weighted by atomic mass is 10.2. The largest absolute Gasteiger partial charge is 0.384 e. The van der Waals surface area contributed by atoms with Crippen LogP contribution in [0.3, 0.4) is 0 Å². The molecule has 0 saturated carbocycles. The topological polar surface area (TPSA) is 57.6 Å². The Morgan fingerprint density at radius 2 is 1.75 bits per heavy atom. The van der Waals surface area contributed by atoms with Crippen LogP contribution in [0.15, 0.2) is 29.2 Å². The minimum atomic E-state index is -3.46. The van der Waals surface area contributed by atoms with Crippen LogP contribution in [-0.2, 0) is 10.0 Å². The van der Waals surface area contributed by atoms with E-state index in [9.17, 15) is 8.42 Å². The number of nitrogens with zero attached hydrogens (tertiary/aromatic N) is 1. The molecule has 0 unspecified atom stereocenters. The smallest absolute Gasteiger partial charge is 0.243 e. The number of rotatable bonds is 5. The second-order valence-corrected chi connectivity index (χ2v) is 6.47. The molecule has 1 aromatic carbocycles. The van der Waals surface area contributed by atoms with Gasteiger partial charge in [0, 0.05) is 18.7 Å². The summed E-state index contributed by atoms with van der Waals surface area (Å²) in [6.07, 6.45) is 1.57. The van der Waals surface area contributed by atoms with Crippen LogP contribution in [0.25, 0.3) is 0 Å². The molecule has 110 valence electrons. The van der Waals surface area contributed by atoms with Crippen molar-refractivity contribution in [1.29, 1.82) is 0 Å². The maximum atomic E-state index is 12.5. The predicted molar refractivity (Wildman–Crippen MR) is 79.7 cm³/mol. The van der Waals surface area contributed by atoms with Gasteiger partial charge in [0.1, 0.15) is 6.61 Å². The zero-order chi connectivity index (χ0) is 15.2. The fourth-order valence-corrected chi connectivity index (χ4v) is 3.52. The maximum absolute atomic E-state index is 12.5. The highest BCUT2D eigenvalue weighted by Crippen LogP contribution is 2.19. The molecule has 0 heterocycles. The fraction of sp³-hybridized carbons (Fsp3) is 0.467. The molecule has 0 fully saturated rings. The van der Waals surface area contributed by atoms with Crippen molar-refractivity contribution in [3.05, 3.63) is 29.8 Å². The minimum absolute atomic E-state index is 0.00820. The molecule has 0 bridgehead atoms. The summed E-state index contributed by atoms with van der Waals surface area (Å²) in [6.45, 7) is 3.75. The van der Waals surface area contributed by atoms with Crippen molar-refractivity contribution in [3.8, 4) is 11.8 Å². The molecular weight excluding hydrogens is 274 g/mol. The molecule has 0 aliphatic heterocycles. The molecule has 0 aromatic heterocycles. The Labute approximate surface area is 121 Å². The zero-order valence-corrected chi connectivity index (χ0v) is 12.9. The second-order valence-electron chi connectivity index (χ2n) is 4.48. The Morgan fingerprint density at radius 3 is 2.20 bits per heavy atom. The van der Waals surface area contributed by atoms with Crippen LogP contribution in [0.1, 0.15) is 32.3 Å². The van der Waals surface area contributed by atoms with E-state index < -0.39 is 10.0 Å². The Kier molecular flexibility index (Phi) is 6.21. The molecule has 0 saturated heterocycles. The van der Waals surface area contributed by atoms with E-state index in [0.29, 0.717) is 5.56 Å². The third-order valence-electron chi connectivity index (χ3n) is 3.30. The molecule has 0 atom stereocenters. The van der Waals surface area contributed by atoms with Crippen molar-refractivity contribution in [2.75, 3.05) is 13.7 Å². The molecule has 20 heavy (non-hydrogen) atoms. The summed E-state index contributed by atoms with van der Waals surface area (Å²) in [5.74, 6) is 5.27. The Balaban J connectivity index is 3.04. The summed E-state index contributed by atoms with van der Waals surface area (Å²) < 4.78 is 26.4. The highest BCUT2D eigenvalue weighted by Gasteiger charge is 2.25. The lowest BCUT2D eigenvalue weighted by molar-refractivity contribution is 0.349. The van der Waals surface area contributed by atoms with Crippen molar-refractivity contribution in [2.24, 2.45) is 0 Å². The normalized spacial score (nSPS) is 11.5. The van der Waals surface area contributed by atoms with Gasteiger partial charge < -0.3 is 5.11 Å². The molecule has 0 aliphatic rings. The van der Waals surface area contributed by atoms with Gasteiger partial charge in [-0.2, -0.15) is 4.31 Å². The summed E-state index contributed by atoms with van der Waals surface area (Å²) in [5.41, 5.74) is 0.684. The monoisotopic (exact) mass is 295 g/mol. The summed E-state index contributed by atoms with van der Waals surface area (Å²) in [5, 5.41) is 8.62. The fourth-order valence-electron chi connectivity index (χ4n) is 2.02. The maximum Gasteiger partial charge on any atom is 0.243 e. The van der Waals surface area contributed by atoms with Crippen LogP contribution in [0.5, 0.6) is 0 Å². The number of benzene rings is 1. The van der Waals surface area contributed by atoms with Gasteiger partial charge in [-0.1, -0.05) is 25.7 Å². The van der Waals surface area contributed by atoms with E-state index in [-0.39, 0.29) is 17.5 Å². The standard InChI is InChI=1S/C15H21NO3S/c1-4-14(5-2)16(3)20(18,19)15-10-8-13(9-11-15)7-6-12-17/h8-11,14,17H,4-5,12H2,1-3H3. The van der Waals surface area contributed by atoms with E-state index in [1.807, 2.05) is 13.8 Å². The lowest BCUT2D eigenvalue weighted by Gasteiger charge is -2.25. The first-order chi connectivity index (χ1) is 9.47. The number of sulfonamides is 1. The van der Waals surface area contributed by atoms with Gasteiger partial charge in [-0.3, -0.25) is 0 Å². The SMILES string of the molecule is CCC(CC)N(C)S(=O)(=O)c1ccc(C#CCO)cc1.